The third kappa shape index (κ3) is 17.6. The average molecular weight is 405 g/mol. The van der Waals surface area contributed by atoms with Gasteiger partial charge in [0, 0.05) is 18.9 Å². The molecule has 0 spiro atoms. The molecule has 3 atom stereocenters. The summed E-state index contributed by atoms with van der Waals surface area (Å²) in [6.07, 6.45) is 24.6. The molecule has 162 valence electrons. The number of hydrogen-bond donors (Lipinski definition) is 3. The molecule has 0 unspecified atom stereocenters. The molecule has 0 aromatic rings. The Balaban J connectivity index is 3.84. The number of aliphatic hydroxyl groups excluding tert-OH is 3. The van der Waals surface area contributed by atoms with Gasteiger partial charge in [0.2, 0.25) is 0 Å². The molecule has 0 aliphatic carbocycles. The highest BCUT2D eigenvalue weighted by molar-refractivity contribution is 5.69. The van der Waals surface area contributed by atoms with Gasteiger partial charge in [0.1, 0.15) is 0 Å². The minimum absolute atomic E-state index is 0.0289. The van der Waals surface area contributed by atoms with E-state index < -0.39 is 12.2 Å². The van der Waals surface area contributed by atoms with Gasteiger partial charge in [0.05, 0.1) is 19.3 Å². The fraction of sp³-hybridized carbons (Fsp3) is 0.458. The lowest BCUT2D eigenvalue weighted by Crippen LogP contribution is -2.17. The molecule has 0 aromatic heterocycles. The Labute approximate surface area is 175 Å². The lowest BCUT2D eigenvalue weighted by molar-refractivity contribution is -0.140. The molecule has 0 bridgehead atoms. The highest BCUT2D eigenvalue weighted by Gasteiger charge is 2.07. The van der Waals surface area contributed by atoms with Crippen LogP contribution in [0.5, 0.6) is 0 Å². The number of esters is 1. The Kier molecular flexibility index (Phi) is 17.7. The van der Waals surface area contributed by atoms with Gasteiger partial charge >= 0.3 is 5.97 Å². The van der Waals surface area contributed by atoms with Crippen molar-refractivity contribution in [1.29, 1.82) is 0 Å². The van der Waals surface area contributed by atoms with Gasteiger partial charge < -0.3 is 20.1 Å². The number of carbonyl (C=O) groups is 1. The van der Waals surface area contributed by atoms with Crippen LogP contribution in [0.2, 0.25) is 0 Å². The van der Waals surface area contributed by atoms with Gasteiger partial charge in [0.15, 0.2) is 0 Å². The molecule has 0 aromatic carbocycles. The summed E-state index contributed by atoms with van der Waals surface area (Å²) in [6.45, 7) is 1.76. The first-order valence-electron chi connectivity index (χ1n) is 10.0. The van der Waals surface area contributed by atoms with Crippen molar-refractivity contribution < 1.29 is 24.9 Å². The zero-order valence-corrected chi connectivity index (χ0v) is 17.6. The SMILES string of the molecule is COC(=O)CC/C=C/[C@@H](O)C/C=C/C=C/C=C/CC/C=C/C=C/[C@@H](O)[C@@H](C)CO. The highest BCUT2D eigenvalue weighted by Crippen LogP contribution is 2.03. The molecular weight excluding hydrogens is 368 g/mol. The van der Waals surface area contributed by atoms with Crippen molar-refractivity contribution in [2.24, 2.45) is 5.92 Å². The van der Waals surface area contributed by atoms with E-state index in [0.29, 0.717) is 19.3 Å². The number of aliphatic hydroxyl groups is 3. The predicted molar refractivity (Wildman–Crippen MR) is 118 cm³/mol. The van der Waals surface area contributed by atoms with Crippen molar-refractivity contribution in [2.75, 3.05) is 13.7 Å². The van der Waals surface area contributed by atoms with E-state index in [1.807, 2.05) is 42.5 Å². The molecule has 0 amide bonds. The Morgan fingerprint density at radius 2 is 1.48 bits per heavy atom. The lowest BCUT2D eigenvalue weighted by Gasteiger charge is -2.10. The minimum atomic E-state index is -0.619. The van der Waals surface area contributed by atoms with E-state index in [-0.39, 0.29) is 18.5 Å². The summed E-state index contributed by atoms with van der Waals surface area (Å²) in [4.78, 5) is 10.9. The molecule has 5 heteroatoms. The van der Waals surface area contributed by atoms with Gasteiger partial charge in [-0.3, -0.25) is 4.79 Å². The zero-order chi connectivity index (χ0) is 21.7. The minimum Gasteiger partial charge on any atom is -0.469 e. The first-order valence-corrected chi connectivity index (χ1v) is 10.0. The van der Waals surface area contributed by atoms with E-state index >= 15 is 0 Å². The van der Waals surface area contributed by atoms with Gasteiger partial charge in [-0.25, -0.2) is 0 Å². The summed E-state index contributed by atoms with van der Waals surface area (Å²) >= 11 is 0. The fourth-order valence-electron chi connectivity index (χ4n) is 2.08. The van der Waals surface area contributed by atoms with E-state index in [9.17, 15) is 15.0 Å². The number of ether oxygens (including phenoxy) is 1. The van der Waals surface area contributed by atoms with Crippen LogP contribution in [-0.2, 0) is 9.53 Å². The van der Waals surface area contributed by atoms with Crippen molar-refractivity contribution in [2.45, 2.75) is 51.2 Å². The van der Waals surface area contributed by atoms with E-state index in [1.54, 1.807) is 31.2 Å². The Hall–Kier alpha value is -2.21. The maximum absolute atomic E-state index is 10.9. The lowest BCUT2D eigenvalue weighted by atomic mass is 10.1. The van der Waals surface area contributed by atoms with Gasteiger partial charge in [-0.05, 0) is 25.7 Å². The van der Waals surface area contributed by atoms with Crippen LogP contribution in [0.25, 0.3) is 0 Å². The van der Waals surface area contributed by atoms with Crippen LogP contribution in [0.1, 0.15) is 39.0 Å². The van der Waals surface area contributed by atoms with Crippen molar-refractivity contribution >= 4 is 5.97 Å². The van der Waals surface area contributed by atoms with E-state index in [2.05, 4.69) is 10.8 Å². The summed E-state index contributed by atoms with van der Waals surface area (Å²) < 4.78 is 4.54. The smallest absolute Gasteiger partial charge is 0.305 e. The molecule has 0 radical (unpaired) electrons. The standard InChI is InChI=1S/C24H36O5/c1-21(20-25)23(27)18-13-11-9-7-5-3-4-6-8-10-12-16-22(26)17-14-15-19-24(28)29-2/h3-4,6,8-14,17-18,21-23,25-27H,5,7,15-16,19-20H2,1-2H3/b4-3+,8-6+,11-9+,12-10+,17-14+,18-13+/t21-,22-,23+/m0/s1. The molecule has 0 aliphatic heterocycles. The predicted octanol–water partition coefficient (Wildman–Crippen LogP) is 3.80. The molecule has 5 nitrogen and oxygen atoms in total. The van der Waals surface area contributed by atoms with Crippen LogP contribution in [0.4, 0.5) is 0 Å². The molecule has 0 aliphatic rings. The summed E-state index contributed by atoms with van der Waals surface area (Å²) in [6, 6.07) is 0. The quantitative estimate of drug-likeness (QED) is 0.167. The third-order valence-electron chi connectivity index (χ3n) is 4.01. The van der Waals surface area contributed by atoms with Crippen molar-refractivity contribution in [1.82, 2.24) is 0 Å². The Morgan fingerprint density at radius 3 is 2.10 bits per heavy atom. The van der Waals surface area contributed by atoms with Crippen molar-refractivity contribution in [3.05, 3.63) is 72.9 Å². The second kappa shape index (κ2) is 19.1. The zero-order valence-electron chi connectivity index (χ0n) is 17.6. The van der Waals surface area contributed by atoms with Crippen LogP contribution >= 0.6 is 0 Å². The molecule has 0 heterocycles. The first-order chi connectivity index (χ1) is 14.0. The van der Waals surface area contributed by atoms with Gasteiger partial charge in [-0.15, -0.1) is 0 Å². The Bertz CT molecular complexity index is 584. The van der Waals surface area contributed by atoms with Crippen LogP contribution in [0.3, 0.4) is 0 Å². The van der Waals surface area contributed by atoms with E-state index in [0.717, 1.165) is 12.8 Å². The first kappa shape index (κ1) is 26.8. The number of hydrogen-bond acceptors (Lipinski definition) is 5. The highest BCUT2D eigenvalue weighted by atomic mass is 16.5. The van der Waals surface area contributed by atoms with Gasteiger partial charge in [-0.2, -0.15) is 0 Å². The monoisotopic (exact) mass is 404 g/mol. The van der Waals surface area contributed by atoms with E-state index in [1.165, 1.54) is 7.11 Å². The summed E-state index contributed by atoms with van der Waals surface area (Å²) in [5.41, 5.74) is 0. The summed E-state index contributed by atoms with van der Waals surface area (Å²) in [7, 11) is 1.36. The average Bonchev–Trinajstić information content (AvgIpc) is 2.73. The topological polar surface area (TPSA) is 87.0 Å². The second-order valence-electron chi connectivity index (χ2n) is 6.63. The van der Waals surface area contributed by atoms with E-state index in [4.69, 9.17) is 5.11 Å². The summed E-state index contributed by atoms with van der Waals surface area (Å²) in [5, 5.41) is 28.3. The van der Waals surface area contributed by atoms with Crippen LogP contribution in [0.15, 0.2) is 72.9 Å². The molecule has 0 saturated heterocycles. The third-order valence-corrected chi connectivity index (χ3v) is 4.01. The van der Waals surface area contributed by atoms with Crippen LogP contribution < -0.4 is 0 Å². The maximum atomic E-state index is 10.9. The molecule has 0 rings (SSSR count). The largest absolute Gasteiger partial charge is 0.469 e. The molecule has 0 fully saturated rings. The number of carbonyl (C=O) groups excluding carboxylic acids is 1. The number of unbranched alkanes of at least 4 members (excludes halogenated alkanes) is 1. The van der Waals surface area contributed by atoms with Crippen LogP contribution in [-0.4, -0.2) is 47.2 Å². The van der Waals surface area contributed by atoms with Crippen molar-refractivity contribution in [3.63, 3.8) is 0 Å². The number of rotatable bonds is 15. The molecule has 29 heavy (non-hydrogen) atoms. The molecular formula is C24H36O5. The maximum Gasteiger partial charge on any atom is 0.305 e. The van der Waals surface area contributed by atoms with Gasteiger partial charge in [-0.1, -0.05) is 79.8 Å². The Morgan fingerprint density at radius 1 is 0.862 bits per heavy atom. The number of methoxy groups -OCH3 is 1. The van der Waals surface area contributed by atoms with Crippen LogP contribution in [0, 0.1) is 5.92 Å². The number of allylic oxidation sites excluding steroid dienone is 9. The normalized spacial score (nSPS) is 16.2. The summed E-state index contributed by atoms with van der Waals surface area (Å²) in [5.74, 6) is -0.403. The second-order valence-corrected chi connectivity index (χ2v) is 6.63. The van der Waals surface area contributed by atoms with Crippen molar-refractivity contribution in [3.8, 4) is 0 Å². The molecule has 3 N–H and O–H groups in total. The fourth-order valence-corrected chi connectivity index (χ4v) is 2.08. The van der Waals surface area contributed by atoms with Gasteiger partial charge in [0.25, 0.3) is 0 Å². The molecule has 0 saturated carbocycles.